The fourth-order valence-corrected chi connectivity index (χ4v) is 8.18. The van der Waals surface area contributed by atoms with Crippen molar-refractivity contribution in [2.75, 3.05) is 7.11 Å². The van der Waals surface area contributed by atoms with E-state index >= 15 is 0 Å². The summed E-state index contributed by atoms with van der Waals surface area (Å²) in [5.41, 5.74) is -2.55. The van der Waals surface area contributed by atoms with E-state index in [0.717, 1.165) is 0 Å². The van der Waals surface area contributed by atoms with Gasteiger partial charge >= 0.3 is 0 Å². The van der Waals surface area contributed by atoms with E-state index < -0.39 is 52.2 Å². The number of carbonyl (C=O) groups excluding carboxylic acids is 2. The minimum Gasteiger partial charge on any atom is -0.485 e. The van der Waals surface area contributed by atoms with Crippen molar-refractivity contribution in [3.05, 3.63) is 22.5 Å². The lowest BCUT2D eigenvalue weighted by Crippen LogP contribution is -2.67. The van der Waals surface area contributed by atoms with Crippen molar-refractivity contribution in [2.45, 2.75) is 135 Å². The van der Waals surface area contributed by atoms with Crippen molar-refractivity contribution in [1.29, 1.82) is 0 Å². The minimum atomic E-state index is -2.26. The van der Waals surface area contributed by atoms with Crippen LogP contribution in [0.5, 0.6) is 0 Å². The molecule has 10 atom stereocenters. The largest absolute Gasteiger partial charge is 0.485 e. The highest BCUT2D eigenvalue weighted by atomic mass is 16.6. The zero-order chi connectivity index (χ0) is 30.9. The van der Waals surface area contributed by atoms with Crippen LogP contribution in [0.2, 0.25) is 0 Å². The van der Waals surface area contributed by atoms with Crippen molar-refractivity contribution in [1.82, 2.24) is 0 Å². The van der Waals surface area contributed by atoms with Crippen LogP contribution in [0.15, 0.2) is 22.5 Å². The number of hydrogen-bond acceptors (Lipinski definition) is 9. The van der Waals surface area contributed by atoms with Gasteiger partial charge in [-0.25, -0.2) is 0 Å². The fraction of sp³-hybridized carbons (Fsp3) is 0.812. The number of fused-ring (bicyclic) bond motifs is 3. The molecule has 0 aromatic heterocycles. The van der Waals surface area contributed by atoms with Crippen molar-refractivity contribution >= 4 is 11.6 Å². The standard InChI is InChI=1S/C32H50O9/c1-10-16(2)24(34)18(4)23-19(15-17(3)33)25(35)22-26(36)27-30(7)13-11-20(29(5,6)37)40-21(30)12-14-31(27,8)41-28(22)32(23,38)39-9/h16,18,20-21,24,26-27,34,36-38H,10-15H2,1-9H3/t16-,18-,20+,21+,24+,26+,27+,30-,31+,32+/m0/s1. The predicted molar refractivity (Wildman–Crippen MR) is 151 cm³/mol. The average Bonchev–Trinajstić information content (AvgIpc) is 2.88. The summed E-state index contributed by atoms with van der Waals surface area (Å²) >= 11 is 0. The summed E-state index contributed by atoms with van der Waals surface area (Å²) in [5.74, 6) is -4.74. The van der Waals surface area contributed by atoms with Crippen molar-refractivity contribution in [3.63, 3.8) is 0 Å². The monoisotopic (exact) mass is 578 g/mol. The molecule has 0 bridgehead atoms. The highest BCUT2D eigenvalue weighted by molar-refractivity contribution is 6.13. The fourth-order valence-electron chi connectivity index (χ4n) is 8.18. The SMILES string of the molecule is CC[C@H](C)[C@@H](O)[C@@H](C)C1=C(CC(C)=O)C(=O)C2=C(O[C@]3(C)CC[C@H]4O[C@@H](C(C)(C)O)CC[C@]4(C)[C@H]3[C@@H]2O)[C@]1(O)OC. The topological polar surface area (TPSA) is 143 Å². The molecule has 0 aromatic carbocycles. The van der Waals surface area contributed by atoms with Gasteiger partial charge in [-0.2, -0.15) is 0 Å². The molecule has 0 unspecified atom stereocenters. The lowest BCUT2D eigenvalue weighted by molar-refractivity contribution is -0.275. The number of methoxy groups -OCH3 is 1. The number of hydrogen-bond donors (Lipinski definition) is 4. The molecule has 9 nitrogen and oxygen atoms in total. The first-order valence-corrected chi connectivity index (χ1v) is 15.1. The molecular formula is C32H50O9. The van der Waals surface area contributed by atoms with Crippen LogP contribution in [0.3, 0.4) is 0 Å². The molecule has 0 radical (unpaired) electrons. The summed E-state index contributed by atoms with van der Waals surface area (Å²) in [6, 6.07) is 0. The number of ketones is 2. The van der Waals surface area contributed by atoms with Crippen molar-refractivity contribution in [2.24, 2.45) is 23.2 Å². The van der Waals surface area contributed by atoms with Gasteiger partial charge < -0.3 is 34.6 Å². The molecule has 4 N–H and O–H groups in total. The van der Waals surface area contributed by atoms with Gasteiger partial charge in [-0.1, -0.05) is 34.1 Å². The molecule has 2 aliphatic carbocycles. The van der Waals surface area contributed by atoms with Crippen LogP contribution in [-0.4, -0.2) is 80.5 Å². The molecule has 41 heavy (non-hydrogen) atoms. The lowest BCUT2D eigenvalue weighted by Gasteiger charge is -2.62. The smallest absolute Gasteiger partial charge is 0.250 e. The lowest BCUT2D eigenvalue weighted by atomic mass is 9.52. The molecule has 232 valence electrons. The van der Waals surface area contributed by atoms with Crippen LogP contribution in [0, 0.1) is 23.2 Å². The van der Waals surface area contributed by atoms with Gasteiger partial charge in [0.25, 0.3) is 0 Å². The normalized spacial score (nSPS) is 39.8. The third-order valence-electron chi connectivity index (χ3n) is 10.7. The summed E-state index contributed by atoms with van der Waals surface area (Å²) in [6.07, 6.45) is -0.218. The van der Waals surface area contributed by atoms with Gasteiger partial charge in [-0.05, 0) is 59.3 Å². The summed E-state index contributed by atoms with van der Waals surface area (Å²) in [6.45, 7) is 14.3. The highest BCUT2D eigenvalue weighted by Crippen LogP contribution is 2.61. The molecule has 4 aliphatic rings. The molecule has 2 aliphatic heterocycles. The molecule has 2 fully saturated rings. The Morgan fingerprint density at radius 2 is 1.83 bits per heavy atom. The van der Waals surface area contributed by atoms with Gasteiger partial charge in [0.2, 0.25) is 5.79 Å². The zero-order valence-corrected chi connectivity index (χ0v) is 26.1. The number of rotatable bonds is 8. The molecule has 1 saturated carbocycles. The van der Waals surface area contributed by atoms with E-state index in [4.69, 9.17) is 14.2 Å². The molecule has 0 amide bonds. The Hall–Kier alpha value is -1.62. The maximum absolute atomic E-state index is 14.3. The van der Waals surface area contributed by atoms with Crippen LogP contribution < -0.4 is 0 Å². The Morgan fingerprint density at radius 3 is 2.37 bits per heavy atom. The van der Waals surface area contributed by atoms with Gasteiger partial charge in [0.1, 0.15) is 11.4 Å². The molecule has 4 rings (SSSR count). The Labute approximate surface area is 243 Å². The van der Waals surface area contributed by atoms with Crippen LogP contribution in [0.25, 0.3) is 0 Å². The van der Waals surface area contributed by atoms with Crippen LogP contribution in [0.1, 0.15) is 93.9 Å². The number of aliphatic hydroxyl groups excluding tert-OH is 2. The average molecular weight is 579 g/mol. The molecule has 2 heterocycles. The first-order chi connectivity index (χ1) is 18.9. The maximum Gasteiger partial charge on any atom is 0.250 e. The number of ether oxygens (including phenoxy) is 3. The maximum atomic E-state index is 14.3. The molecule has 1 saturated heterocycles. The van der Waals surface area contributed by atoms with Gasteiger partial charge in [0.15, 0.2) is 11.5 Å². The Morgan fingerprint density at radius 1 is 1.20 bits per heavy atom. The van der Waals surface area contributed by atoms with E-state index in [0.29, 0.717) is 32.1 Å². The van der Waals surface area contributed by atoms with E-state index in [9.17, 15) is 30.0 Å². The second-order valence-electron chi connectivity index (χ2n) is 14.0. The van der Waals surface area contributed by atoms with Crippen molar-refractivity contribution < 1.29 is 44.2 Å². The van der Waals surface area contributed by atoms with Crippen LogP contribution in [-0.2, 0) is 23.8 Å². The van der Waals surface area contributed by atoms with E-state index in [1.807, 2.05) is 27.7 Å². The zero-order valence-electron chi connectivity index (χ0n) is 26.1. The molecule has 0 spiro atoms. The number of carbonyl (C=O) groups is 2. The number of allylic oxidation sites excluding steroid dienone is 1. The second kappa shape index (κ2) is 10.8. The third-order valence-corrected chi connectivity index (χ3v) is 10.7. The van der Waals surface area contributed by atoms with E-state index in [-0.39, 0.29) is 52.8 Å². The molecule has 0 aromatic rings. The second-order valence-corrected chi connectivity index (χ2v) is 14.0. The van der Waals surface area contributed by atoms with Crippen molar-refractivity contribution in [3.8, 4) is 0 Å². The first-order valence-electron chi connectivity index (χ1n) is 15.1. The summed E-state index contributed by atoms with van der Waals surface area (Å²) in [7, 11) is 1.29. The number of aliphatic hydroxyl groups is 4. The summed E-state index contributed by atoms with van der Waals surface area (Å²) in [5, 5.41) is 46.2. The van der Waals surface area contributed by atoms with Gasteiger partial charge in [0.05, 0.1) is 35.6 Å². The quantitative estimate of drug-likeness (QED) is 0.319. The first kappa shape index (κ1) is 32.3. The van der Waals surface area contributed by atoms with E-state index in [2.05, 4.69) is 0 Å². The number of Topliss-reactive ketones (excluding diaryl/α,β-unsaturated/α-hetero) is 2. The Kier molecular flexibility index (Phi) is 8.53. The Balaban J connectivity index is 1.85. The van der Waals surface area contributed by atoms with Gasteiger partial charge in [-0.3, -0.25) is 9.59 Å². The molecular weight excluding hydrogens is 528 g/mol. The van der Waals surface area contributed by atoms with E-state index in [1.54, 1.807) is 20.8 Å². The highest BCUT2D eigenvalue weighted by Gasteiger charge is 2.66. The Bertz CT molecular complexity index is 1130. The van der Waals surface area contributed by atoms with Gasteiger partial charge in [-0.15, -0.1) is 0 Å². The van der Waals surface area contributed by atoms with E-state index in [1.165, 1.54) is 14.0 Å². The summed E-state index contributed by atoms with van der Waals surface area (Å²) in [4.78, 5) is 26.7. The predicted octanol–water partition coefficient (Wildman–Crippen LogP) is 3.36. The van der Waals surface area contributed by atoms with Gasteiger partial charge in [0, 0.05) is 41.9 Å². The van der Waals surface area contributed by atoms with Crippen LogP contribution >= 0.6 is 0 Å². The summed E-state index contributed by atoms with van der Waals surface area (Å²) < 4.78 is 18.8. The third kappa shape index (κ3) is 5.04. The van der Waals surface area contributed by atoms with Crippen LogP contribution in [0.4, 0.5) is 0 Å². The molecule has 9 heteroatoms. The minimum absolute atomic E-state index is 0.0289.